The monoisotopic (exact) mass is 367 g/mol. The Labute approximate surface area is 158 Å². The van der Waals surface area contributed by atoms with E-state index in [0.717, 1.165) is 42.9 Å². The van der Waals surface area contributed by atoms with E-state index in [0.29, 0.717) is 0 Å². The van der Waals surface area contributed by atoms with Crippen LogP contribution in [0.2, 0.25) is 0 Å². The molecule has 140 valence electrons. The third-order valence-electron chi connectivity index (χ3n) is 4.81. The molecule has 0 saturated carbocycles. The van der Waals surface area contributed by atoms with Crippen LogP contribution in [0.25, 0.3) is 6.08 Å². The van der Waals surface area contributed by atoms with Gasteiger partial charge in [0.15, 0.2) is 0 Å². The zero-order chi connectivity index (χ0) is 19.4. The minimum Gasteiger partial charge on any atom is -0.376 e. The third kappa shape index (κ3) is 4.26. The largest absolute Gasteiger partial charge is 0.376 e. The van der Waals surface area contributed by atoms with Crippen LogP contribution < -0.4 is 5.32 Å². The number of ether oxygens (including phenoxy) is 1. The van der Waals surface area contributed by atoms with Crippen molar-refractivity contribution in [3.05, 3.63) is 58.7 Å². The van der Waals surface area contributed by atoms with Crippen LogP contribution in [-0.4, -0.2) is 23.2 Å². The maximum atomic E-state index is 13.7. The van der Waals surface area contributed by atoms with Gasteiger partial charge in [0.2, 0.25) is 0 Å². The Kier molecular flexibility index (Phi) is 5.72. The molecule has 1 saturated heterocycles. The van der Waals surface area contributed by atoms with Crippen LogP contribution in [-0.2, 0) is 16.1 Å². The average molecular weight is 367 g/mol. The summed E-state index contributed by atoms with van der Waals surface area (Å²) >= 11 is 0. The van der Waals surface area contributed by atoms with E-state index in [-0.39, 0.29) is 17.4 Å². The molecule has 6 heteroatoms. The first-order chi connectivity index (χ1) is 13.0. The topological polar surface area (TPSA) is 67.0 Å². The third-order valence-corrected chi connectivity index (χ3v) is 4.81. The Morgan fingerprint density at radius 3 is 2.89 bits per heavy atom. The van der Waals surface area contributed by atoms with Gasteiger partial charge in [0, 0.05) is 24.5 Å². The van der Waals surface area contributed by atoms with Crippen molar-refractivity contribution >= 4 is 17.7 Å². The predicted octanol–water partition coefficient (Wildman–Crippen LogP) is 3.97. The molecule has 1 fully saturated rings. The molecule has 1 amide bonds. The molecule has 0 aliphatic carbocycles. The zero-order valence-electron chi connectivity index (χ0n) is 15.5. The molecular formula is C21H22FN3O2. The van der Waals surface area contributed by atoms with Crippen molar-refractivity contribution < 1.29 is 13.9 Å². The Morgan fingerprint density at radius 1 is 1.44 bits per heavy atom. The minimum atomic E-state index is -0.633. The highest BCUT2D eigenvalue weighted by molar-refractivity contribution is 6.09. The summed E-state index contributed by atoms with van der Waals surface area (Å²) in [6.45, 7) is 5.50. The SMILES string of the molecule is Cc1cc(/C=C(\C#N)C(=O)Nc2ccccc2F)c(C)n1CC1CCCO1. The molecule has 1 aliphatic heterocycles. The van der Waals surface area contributed by atoms with Gasteiger partial charge < -0.3 is 14.6 Å². The van der Waals surface area contributed by atoms with Gasteiger partial charge in [-0.2, -0.15) is 5.26 Å². The van der Waals surface area contributed by atoms with Crippen molar-refractivity contribution in [2.45, 2.75) is 39.3 Å². The van der Waals surface area contributed by atoms with E-state index in [9.17, 15) is 14.4 Å². The molecule has 27 heavy (non-hydrogen) atoms. The molecule has 1 aliphatic rings. The van der Waals surface area contributed by atoms with Gasteiger partial charge >= 0.3 is 0 Å². The molecule has 0 radical (unpaired) electrons. The highest BCUT2D eigenvalue weighted by Crippen LogP contribution is 2.22. The Balaban J connectivity index is 1.82. The van der Waals surface area contributed by atoms with Crippen LogP contribution in [0.5, 0.6) is 0 Å². The number of aromatic nitrogens is 1. The number of nitriles is 1. The van der Waals surface area contributed by atoms with E-state index in [4.69, 9.17) is 4.74 Å². The number of rotatable bonds is 5. The number of aryl methyl sites for hydroxylation is 1. The average Bonchev–Trinajstić information content (AvgIpc) is 3.25. The molecule has 0 spiro atoms. The maximum Gasteiger partial charge on any atom is 0.266 e. The first-order valence-corrected chi connectivity index (χ1v) is 8.95. The number of nitrogens with one attached hydrogen (secondary N) is 1. The Hall–Kier alpha value is -2.91. The highest BCUT2D eigenvalue weighted by Gasteiger charge is 2.19. The van der Waals surface area contributed by atoms with Crippen molar-refractivity contribution in [1.29, 1.82) is 5.26 Å². The normalized spacial score (nSPS) is 17.0. The first-order valence-electron chi connectivity index (χ1n) is 8.95. The fourth-order valence-electron chi connectivity index (χ4n) is 3.30. The van der Waals surface area contributed by atoms with Gasteiger partial charge in [-0.25, -0.2) is 4.39 Å². The van der Waals surface area contributed by atoms with E-state index in [2.05, 4.69) is 9.88 Å². The van der Waals surface area contributed by atoms with Crippen molar-refractivity contribution in [3.8, 4) is 6.07 Å². The second kappa shape index (κ2) is 8.19. The number of halogens is 1. The number of hydrogen-bond acceptors (Lipinski definition) is 3. The van der Waals surface area contributed by atoms with Crippen LogP contribution in [0.3, 0.4) is 0 Å². The molecule has 5 nitrogen and oxygen atoms in total. The number of anilines is 1. The molecular weight excluding hydrogens is 345 g/mol. The summed E-state index contributed by atoms with van der Waals surface area (Å²) in [6, 6.07) is 9.72. The number of hydrogen-bond donors (Lipinski definition) is 1. The summed E-state index contributed by atoms with van der Waals surface area (Å²) in [6.07, 6.45) is 3.86. The van der Waals surface area contributed by atoms with Crippen molar-refractivity contribution in [1.82, 2.24) is 4.57 Å². The molecule has 1 aromatic heterocycles. The van der Waals surface area contributed by atoms with Crippen LogP contribution in [0.1, 0.15) is 29.8 Å². The van der Waals surface area contributed by atoms with Gasteiger partial charge in [-0.3, -0.25) is 4.79 Å². The van der Waals surface area contributed by atoms with E-state index in [1.165, 1.54) is 18.2 Å². The lowest BCUT2D eigenvalue weighted by Crippen LogP contribution is -2.17. The quantitative estimate of drug-likeness (QED) is 0.642. The second-order valence-corrected chi connectivity index (χ2v) is 6.68. The fraction of sp³-hybridized carbons (Fsp3) is 0.333. The van der Waals surface area contributed by atoms with Crippen molar-refractivity contribution in [2.75, 3.05) is 11.9 Å². The highest BCUT2D eigenvalue weighted by atomic mass is 19.1. The van der Waals surface area contributed by atoms with Gasteiger partial charge in [0.05, 0.1) is 11.8 Å². The predicted molar refractivity (Wildman–Crippen MR) is 101 cm³/mol. The van der Waals surface area contributed by atoms with E-state index >= 15 is 0 Å². The molecule has 1 unspecified atom stereocenters. The summed E-state index contributed by atoms with van der Waals surface area (Å²) in [4.78, 5) is 12.4. The molecule has 1 N–H and O–H groups in total. The van der Waals surface area contributed by atoms with Crippen LogP contribution in [0, 0.1) is 31.0 Å². The summed E-state index contributed by atoms with van der Waals surface area (Å²) < 4.78 is 21.6. The molecule has 1 atom stereocenters. The maximum absolute atomic E-state index is 13.7. The second-order valence-electron chi connectivity index (χ2n) is 6.68. The van der Waals surface area contributed by atoms with Gasteiger partial charge in [-0.1, -0.05) is 12.1 Å². The standard InChI is InChI=1S/C21H22FN3O2/c1-14-10-16(15(2)25(14)13-18-6-5-9-27-18)11-17(12-23)21(26)24-20-8-4-3-7-19(20)22/h3-4,7-8,10-11,18H,5-6,9,13H2,1-2H3,(H,24,26)/b17-11+. The van der Waals surface area contributed by atoms with Crippen molar-refractivity contribution in [3.63, 3.8) is 0 Å². The number of carbonyl (C=O) groups is 1. The van der Waals surface area contributed by atoms with Crippen molar-refractivity contribution in [2.24, 2.45) is 0 Å². The molecule has 1 aromatic carbocycles. The van der Waals surface area contributed by atoms with Crippen LogP contribution in [0.4, 0.5) is 10.1 Å². The number of nitrogens with zero attached hydrogens (tertiary/aromatic N) is 2. The lowest BCUT2D eigenvalue weighted by atomic mass is 10.1. The summed E-state index contributed by atoms with van der Waals surface area (Å²) in [7, 11) is 0. The lowest BCUT2D eigenvalue weighted by Gasteiger charge is -2.14. The summed E-state index contributed by atoms with van der Waals surface area (Å²) in [5.74, 6) is -1.18. The first kappa shape index (κ1) is 18.9. The van der Waals surface area contributed by atoms with Gasteiger partial charge in [-0.05, 0) is 56.5 Å². The van der Waals surface area contributed by atoms with E-state index in [1.807, 2.05) is 26.0 Å². The van der Waals surface area contributed by atoms with Crippen LogP contribution >= 0.6 is 0 Å². The molecule has 0 bridgehead atoms. The number of amides is 1. The van der Waals surface area contributed by atoms with Crippen LogP contribution in [0.15, 0.2) is 35.9 Å². The number of para-hydroxylation sites is 1. The van der Waals surface area contributed by atoms with E-state index < -0.39 is 11.7 Å². The smallest absolute Gasteiger partial charge is 0.266 e. The number of carbonyl (C=O) groups excluding carboxylic acids is 1. The summed E-state index contributed by atoms with van der Waals surface area (Å²) in [5, 5.41) is 11.9. The molecule has 3 rings (SSSR count). The molecule has 2 aromatic rings. The number of benzene rings is 1. The molecule has 2 heterocycles. The Bertz CT molecular complexity index is 918. The minimum absolute atomic E-state index is 0.0486. The van der Waals surface area contributed by atoms with Gasteiger partial charge in [-0.15, -0.1) is 0 Å². The van der Waals surface area contributed by atoms with E-state index in [1.54, 1.807) is 12.1 Å². The lowest BCUT2D eigenvalue weighted by molar-refractivity contribution is -0.112. The van der Waals surface area contributed by atoms with Gasteiger partial charge in [0.1, 0.15) is 17.5 Å². The summed E-state index contributed by atoms with van der Waals surface area (Å²) in [5.41, 5.74) is 2.78. The Morgan fingerprint density at radius 2 is 2.22 bits per heavy atom. The fourth-order valence-corrected chi connectivity index (χ4v) is 3.30. The van der Waals surface area contributed by atoms with Gasteiger partial charge in [0.25, 0.3) is 5.91 Å². The zero-order valence-corrected chi connectivity index (χ0v) is 15.5.